The lowest BCUT2D eigenvalue weighted by molar-refractivity contribution is 0.102. The Balaban J connectivity index is 1.60. The number of furan rings is 1. The molecule has 2 atom stereocenters. The molecule has 3 aromatic heterocycles. The van der Waals surface area contributed by atoms with Crippen LogP contribution in [0.4, 0.5) is 17.3 Å². The Hall–Kier alpha value is -3.13. The molecule has 1 amide bonds. The lowest BCUT2D eigenvalue weighted by Gasteiger charge is -2.37. The normalized spacial score (nSPS) is 19.0. The number of amides is 1. The lowest BCUT2D eigenvalue weighted by Crippen LogP contribution is -2.46. The number of nitrogen functional groups attached to an aromatic ring is 1. The molecule has 1 fully saturated rings. The van der Waals surface area contributed by atoms with Crippen LogP contribution in [-0.2, 0) is 6.42 Å². The third-order valence-corrected chi connectivity index (χ3v) is 5.74. The maximum Gasteiger partial charge on any atom is 0.263 e. The number of hydrogen-bond donors (Lipinski definition) is 3. The van der Waals surface area contributed by atoms with E-state index in [9.17, 15) is 4.79 Å². The maximum absolute atomic E-state index is 13.2. The molecule has 164 valence electrons. The molecule has 0 radical (unpaired) electrons. The van der Waals surface area contributed by atoms with Gasteiger partial charge in [-0.3, -0.25) is 14.8 Å². The zero-order valence-electron chi connectivity index (χ0n) is 18.1. The van der Waals surface area contributed by atoms with E-state index in [1.165, 1.54) is 0 Å². The summed E-state index contributed by atoms with van der Waals surface area (Å²) in [5.41, 5.74) is 16.1. The van der Waals surface area contributed by atoms with Crippen molar-refractivity contribution >= 4 is 34.3 Å². The van der Waals surface area contributed by atoms with E-state index in [1.54, 1.807) is 18.6 Å². The average molecular weight is 423 g/mol. The van der Waals surface area contributed by atoms with Gasteiger partial charge in [0.15, 0.2) is 5.58 Å². The van der Waals surface area contributed by atoms with Crippen LogP contribution in [0.5, 0.6) is 0 Å². The van der Waals surface area contributed by atoms with E-state index in [0.717, 1.165) is 50.0 Å². The lowest BCUT2D eigenvalue weighted by atomic mass is 9.96. The second-order valence-corrected chi connectivity index (χ2v) is 8.49. The molecule has 0 saturated carbocycles. The predicted molar refractivity (Wildman–Crippen MR) is 123 cm³/mol. The minimum Gasteiger partial charge on any atom is -0.438 e. The summed E-state index contributed by atoms with van der Waals surface area (Å²) in [6.45, 7) is 5.93. The molecule has 0 unspecified atom stereocenters. The highest BCUT2D eigenvalue weighted by Gasteiger charge is 2.26. The van der Waals surface area contributed by atoms with E-state index >= 15 is 0 Å². The maximum atomic E-state index is 13.2. The van der Waals surface area contributed by atoms with Crippen molar-refractivity contribution in [2.24, 2.45) is 11.7 Å². The molecule has 8 nitrogen and oxygen atoms in total. The van der Waals surface area contributed by atoms with Gasteiger partial charge in [-0.25, -0.2) is 0 Å². The van der Waals surface area contributed by atoms with Gasteiger partial charge in [-0.15, -0.1) is 0 Å². The third kappa shape index (κ3) is 4.49. The van der Waals surface area contributed by atoms with Crippen molar-refractivity contribution in [3.63, 3.8) is 0 Å². The summed E-state index contributed by atoms with van der Waals surface area (Å²) in [5.74, 6) is 0.167. The van der Waals surface area contributed by atoms with Crippen LogP contribution in [0.15, 0.2) is 35.1 Å². The Labute approximate surface area is 182 Å². The van der Waals surface area contributed by atoms with Crippen LogP contribution in [0.1, 0.15) is 49.0 Å². The molecule has 0 aliphatic carbocycles. The van der Waals surface area contributed by atoms with Gasteiger partial charge >= 0.3 is 0 Å². The van der Waals surface area contributed by atoms with Crippen LogP contribution in [0.2, 0.25) is 0 Å². The van der Waals surface area contributed by atoms with Crippen molar-refractivity contribution < 1.29 is 9.21 Å². The fourth-order valence-electron chi connectivity index (χ4n) is 4.31. The van der Waals surface area contributed by atoms with Crippen LogP contribution in [0.3, 0.4) is 0 Å². The van der Waals surface area contributed by atoms with Gasteiger partial charge in [-0.2, -0.15) is 0 Å². The smallest absolute Gasteiger partial charge is 0.263 e. The number of aromatic nitrogens is 2. The van der Waals surface area contributed by atoms with Gasteiger partial charge in [0, 0.05) is 31.5 Å². The molecule has 3 aromatic rings. The van der Waals surface area contributed by atoms with Crippen molar-refractivity contribution in [2.75, 3.05) is 29.0 Å². The van der Waals surface area contributed by atoms with Crippen molar-refractivity contribution in [1.29, 1.82) is 0 Å². The summed E-state index contributed by atoms with van der Waals surface area (Å²) in [6, 6.07) is 3.91. The van der Waals surface area contributed by atoms with E-state index in [1.807, 2.05) is 12.1 Å². The van der Waals surface area contributed by atoms with Gasteiger partial charge in [-0.1, -0.05) is 20.3 Å². The molecule has 0 spiro atoms. The molecule has 8 heteroatoms. The van der Waals surface area contributed by atoms with Gasteiger partial charge in [0.05, 0.1) is 17.6 Å². The highest BCUT2D eigenvalue weighted by Crippen LogP contribution is 2.32. The summed E-state index contributed by atoms with van der Waals surface area (Å²) in [5, 5.41) is 2.96. The molecule has 5 N–H and O–H groups in total. The quantitative estimate of drug-likeness (QED) is 0.555. The van der Waals surface area contributed by atoms with Gasteiger partial charge in [0.25, 0.3) is 5.91 Å². The number of nitrogens with zero attached hydrogens (tertiary/aromatic N) is 3. The van der Waals surface area contributed by atoms with E-state index in [-0.39, 0.29) is 23.4 Å². The number of carbonyl (C=O) groups is 1. The van der Waals surface area contributed by atoms with Crippen molar-refractivity contribution in [2.45, 2.75) is 45.6 Å². The van der Waals surface area contributed by atoms with Crippen LogP contribution in [0, 0.1) is 5.92 Å². The molecule has 1 saturated heterocycles. The number of anilines is 3. The fraction of sp³-hybridized carbons (Fsp3) is 0.435. The number of hydrogen-bond acceptors (Lipinski definition) is 7. The Morgan fingerprint density at radius 1 is 1.35 bits per heavy atom. The number of carbonyl (C=O) groups excluding carboxylic acids is 1. The topological polar surface area (TPSA) is 123 Å². The van der Waals surface area contributed by atoms with E-state index in [0.29, 0.717) is 22.7 Å². The largest absolute Gasteiger partial charge is 0.438 e. The molecule has 1 aliphatic rings. The summed E-state index contributed by atoms with van der Waals surface area (Å²) in [4.78, 5) is 24.0. The zero-order chi connectivity index (χ0) is 22.0. The van der Waals surface area contributed by atoms with Gasteiger partial charge in [-0.05, 0) is 42.9 Å². The molecule has 0 aromatic carbocycles. The van der Waals surface area contributed by atoms with E-state index in [2.05, 4.69) is 34.0 Å². The average Bonchev–Trinajstić information content (AvgIpc) is 3.06. The number of nitrogens with two attached hydrogens (primary N) is 2. The Morgan fingerprint density at radius 2 is 2.19 bits per heavy atom. The first-order valence-corrected chi connectivity index (χ1v) is 10.9. The Morgan fingerprint density at radius 3 is 2.97 bits per heavy atom. The predicted octanol–water partition coefficient (Wildman–Crippen LogP) is 3.57. The number of aryl methyl sites for hydroxylation is 1. The summed E-state index contributed by atoms with van der Waals surface area (Å²) < 4.78 is 5.67. The van der Waals surface area contributed by atoms with Crippen LogP contribution in [0.25, 0.3) is 11.1 Å². The highest BCUT2D eigenvalue weighted by molar-refractivity contribution is 6.15. The minimum atomic E-state index is -0.367. The first-order chi connectivity index (χ1) is 15.0. The monoisotopic (exact) mass is 422 g/mol. The van der Waals surface area contributed by atoms with E-state index in [4.69, 9.17) is 15.9 Å². The molecule has 1 aliphatic heterocycles. The SMILES string of the molecule is CCCCc1cnc2c(C(=O)Nc3cnccc3N3C[C@H](C)C[C@H](N)C3)c(N)oc2c1. The number of nitrogens with one attached hydrogen (secondary N) is 1. The van der Waals surface area contributed by atoms with E-state index < -0.39 is 0 Å². The summed E-state index contributed by atoms with van der Waals surface area (Å²) >= 11 is 0. The minimum absolute atomic E-state index is 0.0618. The zero-order valence-corrected chi connectivity index (χ0v) is 18.1. The second-order valence-electron chi connectivity index (χ2n) is 8.49. The first kappa shape index (κ1) is 21.1. The third-order valence-electron chi connectivity index (χ3n) is 5.74. The second kappa shape index (κ2) is 8.93. The number of unbranched alkanes of at least 4 members (excludes halogenated alkanes) is 1. The summed E-state index contributed by atoms with van der Waals surface area (Å²) in [7, 11) is 0. The number of piperidine rings is 1. The summed E-state index contributed by atoms with van der Waals surface area (Å²) in [6.07, 6.45) is 9.22. The Kier molecular flexibility index (Phi) is 6.08. The van der Waals surface area contributed by atoms with Crippen molar-refractivity contribution in [1.82, 2.24) is 9.97 Å². The Bertz CT molecular complexity index is 1070. The molecule has 4 heterocycles. The number of fused-ring (bicyclic) bond motifs is 1. The van der Waals surface area contributed by atoms with Crippen LogP contribution < -0.4 is 21.7 Å². The number of rotatable bonds is 6. The van der Waals surface area contributed by atoms with Crippen LogP contribution >= 0.6 is 0 Å². The molecule has 31 heavy (non-hydrogen) atoms. The van der Waals surface area contributed by atoms with Gasteiger partial charge in [0.1, 0.15) is 11.1 Å². The highest BCUT2D eigenvalue weighted by atomic mass is 16.3. The molecular formula is C23H30N6O2. The fourth-order valence-corrected chi connectivity index (χ4v) is 4.31. The molecular weight excluding hydrogens is 392 g/mol. The standard InChI is InChI=1S/C23H30N6O2/c1-3-4-5-15-9-19-21(27-10-15)20(22(25)31-19)23(30)28-17-11-26-7-6-18(17)29-12-14(2)8-16(24)13-29/h6-7,9-11,14,16H,3-5,8,12-13,24-25H2,1-2H3,(H,28,30)/t14-,16+/m1/s1. The van der Waals surface area contributed by atoms with Gasteiger partial charge < -0.3 is 26.1 Å². The molecule has 4 rings (SSSR count). The first-order valence-electron chi connectivity index (χ1n) is 10.9. The number of pyridine rings is 2. The van der Waals surface area contributed by atoms with Crippen molar-refractivity contribution in [3.05, 3.63) is 41.9 Å². The van der Waals surface area contributed by atoms with Crippen LogP contribution in [-0.4, -0.2) is 35.0 Å². The van der Waals surface area contributed by atoms with Crippen molar-refractivity contribution in [3.8, 4) is 0 Å². The molecule has 0 bridgehead atoms. The van der Waals surface area contributed by atoms with Gasteiger partial charge in [0.2, 0.25) is 5.88 Å².